The number of carbonyl (C=O) groups is 2. The Balaban J connectivity index is 0.00000196. The van der Waals surface area contributed by atoms with Crippen LogP contribution in [-0.2, 0) is 9.59 Å². The van der Waals surface area contributed by atoms with E-state index in [1.54, 1.807) is 30.3 Å². The van der Waals surface area contributed by atoms with E-state index < -0.39 is 17.5 Å². The van der Waals surface area contributed by atoms with Gasteiger partial charge in [-0.25, -0.2) is 9.59 Å². The molecule has 15 heavy (non-hydrogen) atoms. The van der Waals surface area contributed by atoms with Crippen LogP contribution < -0.4 is 6.15 Å². The molecule has 0 bridgehead atoms. The number of hydrogen-bond donors (Lipinski definition) is 3. The average molecular weight is 210 g/mol. The van der Waals surface area contributed by atoms with Gasteiger partial charge in [0.05, 0.1) is 0 Å². The molecule has 1 aromatic rings. The largest absolute Gasteiger partial charge is 0.477 e. The van der Waals surface area contributed by atoms with Crippen molar-refractivity contribution in [2.45, 2.75) is 0 Å². The van der Waals surface area contributed by atoms with E-state index >= 15 is 0 Å². The topological polar surface area (TPSA) is 111 Å². The van der Waals surface area contributed by atoms with Gasteiger partial charge in [0.2, 0.25) is 0 Å². The third kappa shape index (κ3) is 3.61. The van der Waals surface area contributed by atoms with Crippen LogP contribution in [-0.4, -0.2) is 22.2 Å². The lowest BCUT2D eigenvalue weighted by Gasteiger charge is -1.95. The van der Waals surface area contributed by atoms with Crippen molar-refractivity contribution in [3.63, 3.8) is 0 Å². The molecule has 6 N–H and O–H groups in total. The van der Waals surface area contributed by atoms with Crippen molar-refractivity contribution < 1.29 is 19.8 Å². The van der Waals surface area contributed by atoms with Crippen LogP contribution in [0.1, 0.15) is 5.56 Å². The van der Waals surface area contributed by atoms with Gasteiger partial charge < -0.3 is 16.4 Å². The van der Waals surface area contributed by atoms with Gasteiger partial charge >= 0.3 is 11.9 Å². The van der Waals surface area contributed by atoms with Gasteiger partial charge in [-0.2, -0.15) is 0 Å². The lowest BCUT2D eigenvalue weighted by Crippen LogP contribution is -2.10. The van der Waals surface area contributed by atoms with Crippen LogP contribution in [0, 0.1) is 0 Å². The van der Waals surface area contributed by atoms with Crippen molar-refractivity contribution in [2.24, 2.45) is 0 Å². The predicted octanol–water partition coefficient (Wildman–Crippen LogP) is 1.62. The Morgan fingerprint density at radius 2 is 1.47 bits per heavy atom. The Morgan fingerprint density at radius 1 is 1.00 bits per heavy atom. The van der Waals surface area contributed by atoms with E-state index in [4.69, 9.17) is 10.2 Å². The maximum atomic E-state index is 10.5. The summed E-state index contributed by atoms with van der Waals surface area (Å²) in [5.74, 6) is -2.89. The van der Waals surface area contributed by atoms with Gasteiger partial charge in [-0.3, -0.25) is 0 Å². The van der Waals surface area contributed by atoms with Crippen molar-refractivity contribution in [1.29, 1.82) is 0 Å². The molecule has 5 nitrogen and oxygen atoms in total. The Kier molecular flexibility index (Phi) is 4.77. The quantitative estimate of drug-likeness (QED) is 0.399. The zero-order valence-corrected chi connectivity index (χ0v) is 8.18. The fourth-order valence-electron chi connectivity index (χ4n) is 0.931. The summed E-state index contributed by atoms with van der Waals surface area (Å²) in [6.45, 7) is 0. The van der Waals surface area contributed by atoms with E-state index in [-0.39, 0.29) is 6.15 Å². The third-order valence-corrected chi connectivity index (χ3v) is 1.57. The molecule has 0 fully saturated rings. The van der Waals surface area contributed by atoms with E-state index in [0.717, 1.165) is 6.08 Å². The second-order valence-corrected chi connectivity index (χ2v) is 2.58. The standard InChI is InChI=1S/C10H8O4.H3N/c11-9(12)8(10(13)14)6-7-4-2-1-3-5-7;/h1-6H,(H,11,12)(H,13,14);1H3/p+1. The highest BCUT2D eigenvalue weighted by atomic mass is 16.4. The second-order valence-electron chi connectivity index (χ2n) is 2.58. The SMILES string of the molecule is O=C(O)C(=Cc1ccccc1)C(=O)O.[NH4+]. The molecule has 1 rings (SSSR count). The average Bonchev–Trinajstić information content (AvgIpc) is 2.15. The number of carboxylic acid groups (broad SMARTS) is 2. The van der Waals surface area contributed by atoms with Crippen molar-refractivity contribution in [2.75, 3.05) is 0 Å². The van der Waals surface area contributed by atoms with Crippen molar-refractivity contribution in [1.82, 2.24) is 6.15 Å². The molecular weight excluding hydrogens is 198 g/mol. The van der Waals surface area contributed by atoms with Gasteiger partial charge in [0, 0.05) is 0 Å². The number of carboxylic acids is 2. The normalized spacial score (nSPS) is 8.53. The van der Waals surface area contributed by atoms with Crippen molar-refractivity contribution >= 4 is 18.0 Å². The van der Waals surface area contributed by atoms with Gasteiger partial charge in [-0.1, -0.05) is 30.3 Å². The highest BCUT2D eigenvalue weighted by molar-refractivity contribution is 6.16. The molecule has 0 aliphatic carbocycles. The second kappa shape index (κ2) is 5.56. The lowest BCUT2D eigenvalue weighted by molar-refractivity contribution is -0.139. The van der Waals surface area contributed by atoms with Gasteiger partial charge in [-0.15, -0.1) is 0 Å². The highest BCUT2D eigenvalue weighted by Crippen LogP contribution is 2.06. The van der Waals surface area contributed by atoms with Crippen molar-refractivity contribution in [3.05, 3.63) is 41.5 Å². The minimum Gasteiger partial charge on any atom is -0.477 e. The summed E-state index contributed by atoms with van der Waals surface area (Å²) in [6, 6.07) is 8.43. The summed E-state index contributed by atoms with van der Waals surface area (Å²) in [4.78, 5) is 21.0. The zero-order valence-electron chi connectivity index (χ0n) is 8.18. The summed E-state index contributed by atoms with van der Waals surface area (Å²) in [5.41, 5.74) is -0.0940. The van der Waals surface area contributed by atoms with E-state index in [0.29, 0.717) is 5.56 Å². The van der Waals surface area contributed by atoms with Crippen LogP contribution in [0.4, 0.5) is 0 Å². The summed E-state index contributed by atoms with van der Waals surface area (Å²) < 4.78 is 0. The molecule has 0 radical (unpaired) electrons. The number of rotatable bonds is 3. The van der Waals surface area contributed by atoms with Crippen LogP contribution in [0.25, 0.3) is 6.08 Å². The Morgan fingerprint density at radius 3 is 1.87 bits per heavy atom. The Labute approximate surface area is 86.2 Å². The number of benzene rings is 1. The smallest absolute Gasteiger partial charge is 0.343 e. The van der Waals surface area contributed by atoms with E-state index in [2.05, 4.69) is 0 Å². The number of hydrogen-bond acceptors (Lipinski definition) is 2. The van der Waals surface area contributed by atoms with Gasteiger partial charge in [0.15, 0.2) is 0 Å². The first kappa shape index (κ1) is 12.9. The monoisotopic (exact) mass is 210 g/mol. The van der Waals surface area contributed by atoms with Crippen LogP contribution in [0.15, 0.2) is 35.9 Å². The van der Waals surface area contributed by atoms with Crippen LogP contribution in [0.2, 0.25) is 0 Å². The summed E-state index contributed by atoms with van der Waals surface area (Å²) in [7, 11) is 0. The molecule has 0 spiro atoms. The first-order valence-electron chi connectivity index (χ1n) is 3.84. The van der Waals surface area contributed by atoms with Crippen LogP contribution in [0.3, 0.4) is 0 Å². The molecule has 0 aliphatic heterocycles. The Hall–Kier alpha value is -2.14. The minimum atomic E-state index is -1.44. The molecular formula is C10H12NO4+. The first-order chi connectivity index (χ1) is 6.61. The van der Waals surface area contributed by atoms with E-state index in [1.807, 2.05) is 0 Å². The molecule has 0 saturated carbocycles. The van der Waals surface area contributed by atoms with Gasteiger partial charge in [0.25, 0.3) is 0 Å². The number of aliphatic carboxylic acids is 2. The lowest BCUT2D eigenvalue weighted by atomic mass is 10.1. The Bertz CT molecular complexity index is 368. The molecule has 1 aromatic carbocycles. The molecule has 0 unspecified atom stereocenters. The number of quaternary nitrogens is 1. The van der Waals surface area contributed by atoms with Crippen molar-refractivity contribution in [3.8, 4) is 0 Å². The van der Waals surface area contributed by atoms with Gasteiger partial charge in [0.1, 0.15) is 5.57 Å². The fraction of sp³-hybridized carbons (Fsp3) is 0. The first-order valence-corrected chi connectivity index (χ1v) is 3.84. The molecule has 0 heterocycles. The van der Waals surface area contributed by atoms with Gasteiger partial charge in [-0.05, 0) is 11.6 Å². The third-order valence-electron chi connectivity index (χ3n) is 1.57. The molecule has 0 atom stereocenters. The predicted molar refractivity (Wildman–Crippen MR) is 55.7 cm³/mol. The molecule has 0 aliphatic rings. The molecule has 0 amide bonds. The maximum absolute atomic E-state index is 10.5. The molecule has 0 aromatic heterocycles. The highest BCUT2D eigenvalue weighted by Gasteiger charge is 2.15. The fourth-order valence-corrected chi connectivity index (χ4v) is 0.931. The molecule has 80 valence electrons. The molecule has 5 heteroatoms. The van der Waals surface area contributed by atoms with E-state index in [1.165, 1.54) is 0 Å². The minimum absolute atomic E-state index is 0. The van der Waals surface area contributed by atoms with Crippen LogP contribution >= 0.6 is 0 Å². The maximum Gasteiger partial charge on any atom is 0.343 e. The summed E-state index contributed by atoms with van der Waals surface area (Å²) in [6.07, 6.45) is 1.12. The summed E-state index contributed by atoms with van der Waals surface area (Å²) in [5, 5.41) is 17.1. The van der Waals surface area contributed by atoms with E-state index in [9.17, 15) is 9.59 Å². The zero-order chi connectivity index (χ0) is 10.6. The van der Waals surface area contributed by atoms with Crippen LogP contribution in [0.5, 0.6) is 0 Å². The summed E-state index contributed by atoms with van der Waals surface area (Å²) >= 11 is 0. The molecule has 0 saturated heterocycles.